The van der Waals surface area contributed by atoms with Gasteiger partial charge in [-0.15, -0.1) is 23.2 Å². The van der Waals surface area contributed by atoms with Crippen LogP contribution in [0.5, 0.6) is 0 Å². The van der Waals surface area contributed by atoms with Gasteiger partial charge in [0.2, 0.25) is 16.0 Å². The summed E-state index contributed by atoms with van der Waals surface area (Å²) in [5.41, 5.74) is 0. The average Bonchev–Trinajstić information content (AvgIpc) is 2.35. The highest BCUT2D eigenvalue weighted by molar-refractivity contribution is 8.02. The summed E-state index contributed by atoms with van der Waals surface area (Å²) < 4.78 is -0.786. The summed E-state index contributed by atoms with van der Waals surface area (Å²) in [6.45, 7) is 1.96. The van der Waals surface area contributed by atoms with Crippen molar-refractivity contribution in [2.24, 2.45) is 11.8 Å². The van der Waals surface area contributed by atoms with Crippen molar-refractivity contribution in [2.75, 3.05) is 0 Å². The third-order valence-corrected chi connectivity index (χ3v) is 6.01. The van der Waals surface area contributed by atoms with Gasteiger partial charge in [0.05, 0.1) is 0 Å². The van der Waals surface area contributed by atoms with Crippen LogP contribution in [0.4, 0.5) is 0 Å². The second-order valence-corrected chi connectivity index (χ2v) is 8.40. The molecule has 1 rings (SSSR count). The number of allylic oxidation sites excluding steroid dienone is 2. The Kier molecular flexibility index (Phi) is 6.81. The molecule has 8 heteroatoms. The molecule has 19 heavy (non-hydrogen) atoms. The van der Waals surface area contributed by atoms with Crippen LogP contribution < -0.4 is 0 Å². The van der Waals surface area contributed by atoms with Gasteiger partial charge < -0.3 is 0 Å². The van der Waals surface area contributed by atoms with E-state index in [2.05, 4.69) is 0 Å². The number of alkyl halides is 4. The molecule has 1 aliphatic carbocycles. The molecule has 0 radical (unpaired) electrons. The van der Waals surface area contributed by atoms with Gasteiger partial charge in [-0.1, -0.05) is 42.3 Å². The maximum absolute atomic E-state index is 12.3. The Morgan fingerprint density at radius 1 is 1.42 bits per heavy atom. The summed E-state index contributed by atoms with van der Waals surface area (Å²) in [6.07, 6.45) is 5.72. The lowest BCUT2D eigenvalue weighted by molar-refractivity contribution is -0.136. The van der Waals surface area contributed by atoms with Crippen molar-refractivity contribution < 1.29 is 9.59 Å². The Hall–Kier alpha value is 0.390. The molecule has 0 saturated carbocycles. The number of hydrogen-bond donors (Lipinski definition) is 0. The van der Waals surface area contributed by atoms with Crippen LogP contribution >= 0.6 is 58.4 Å². The van der Waals surface area contributed by atoms with Crippen LogP contribution in [0.15, 0.2) is 12.2 Å². The molecule has 3 nitrogen and oxygen atoms in total. The van der Waals surface area contributed by atoms with E-state index in [0.717, 1.165) is 10.7 Å². The third-order valence-electron chi connectivity index (χ3n) is 2.86. The van der Waals surface area contributed by atoms with Crippen LogP contribution in [0.3, 0.4) is 0 Å². The molecule has 0 spiro atoms. The van der Waals surface area contributed by atoms with Crippen molar-refractivity contribution in [3.05, 3.63) is 12.2 Å². The molecule has 1 aliphatic rings. The van der Waals surface area contributed by atoms with Crippen LogP contribution in [0.2, 0.25) is 0 Å². The molecule has 0 aromatic carbocycles. The molecule has 2 amide bonds. The lowest BCUT2D eigenvalue weighted by Gasteiger charge is -2.30. The second-order valence-electron chi connectivity index (χ2n) is 4.25. The molecule has 0 aliphatic heterocycles. The number of carbonyl (C=O) groups excluding carboxylic acids is 2. The number of amides is 2. The van der Waals surface area contributed by atoms with Crippen molar-refractivity contribution in [3.8, 4) is 0 Å². The number of imide groups is 1. The fourth-order valence-electron chi connectivity index (χ4n) is 1.75. The molecule has 0 heterocycles. The molecule has 0 saturated heterocycles. The Labute approximate surface area is 136 Å². The van der Waals surface area contributed by atoms with Gasteiger partial charge in [-0.3, -0.25) is 9.59 Å². The van der Waals surface area contributed by atoms with E-state index >= 15 is 0 Å². The first-order chi connectivity index (χ1) is 8.79. The molecule has 0 N–H and O–H groups in total. The van der Waals surface area contributed by atoms with Crippen LogP contribution in [0.1, 0.15) is 19.8 Å². The van der Waals surface area contributed by atoms with E-state index in [0.29, 0.717) is 24.8 Å². The van der Waals surface area contributed by atoms with Gasteiger partial charge in [0.25, 0.3) is 0 Å². The normalized spacial score (nSPS) is 23.5. The minimum atomic E-state index is -1.66. The van der Waals surface area contributed by atoms with E-state index in [-0.39, 0.29) is 17.7 Å². The first kappa shape index (κ1) is 17.4. The van der Waals surface area contributed by atoms with Gasteiger partial charge >= 0.3 is 0 Å². The smallest absolute Gasteiger partial charge is 0.242 e. The summed E-state index contributed by atoms with van der Waals surface area (Å²) in [5, 5.41) is 0. The predicted molar refractivity (Wildman–Crippen MR) is 81.5 cm³/mol. The molecule has 2 atom stereocenters. The molecular formula is C11H13Cl4NO2S. The molecule has 108 valence electrons. The third kappa shape index (κ3) is 4.71. The van der Waals surface area contributed by atoms with Gasteiger partial charge in [-0.2, -0.15) is 0 Å². The maximum atomic E-state index is 12.3. The zero-order valence-electron chi connectivity index (χ0n) is 10.1. The van der Waals surface area contributed by atoms with Gasteiger partial charge in [0.15, 0.2) is 4.84 Å². The fourth-order valence-corrected chi connectivity index (χ4v) is 3.04. The largest absolute Gasteiger partial charge is 0.277 e. The molecule has 0 aromatic heterocycles. The van der Waals surface area contributed by atoms with Crippen LogP contribution in [-0.4, -0.2) is 25.1 Å². The summed E-state index contributed by atoms with van der Waals surface area (Å²) in [6, 6.07) is 0. The highest BCUT2D eigenvalue weighted by Crippen LogP contribution is 2.44. The van der Waals surface area contributed by atoms with Gasteiger partial charge in [-0.25, -0.2) is 4.31 Å². The standard InChI is InChI=1S/C11H13Cl4NO2S/c1-7-4-2-3-5-8(7)9(18)16(6-17)19-11(14,15)10(12)13/h2-3,6-8,10H,4-5H2,1H3. The van der Waals surface area contributed by atoms with E-state index in [1.165, 1.54) is 0 Å². The minimum absolute atomic E-state index is 0.156. The topological polar surface area (TPSA) is 37.4 Å². The minimum Gasteiger partial charge on any atom is -0.277 e. The Morgan fingerprint density at radius 2 is 2.00 bits per heavy atom. The summed E-state index contributed by atoms with van der Waals surface area (Å²) >= 11 is 23.6. The number of hydrogen-bond acceptors (Lipinski definition) is 3. The molecule has 2 unspecified atom stereocenters. The zero-order valence-corrected chi connectivity index (χ0v) is 13.9. The average molecular weight is 365 g/mol. The monoisotopic (exact) mass is 363 g/mol. The van der Waals surface area contributed by atoms with Crippen LogP contribution in [0.25, 0.3) is 0 Å². The SMILES string of the molecule is CC1CC=CCC1C(=O)N(C=O)SC(Cl)(Cl)C(Cl)Cl. The fraction of sp³-hybridized carbons (Fsp3) is 0.636. The van der Waals surface area contributed by atoms with Crippen molar-refractivity contribution in [3.63, 3.8) is 0 Å². The summed E-state index contributed by atoms with van der Waals surface area (Å²) in [7, 11) is 0. The van der Waals surface area contributed by atoms with Crippen LogP contribution in [0, 0.1) is 11.8 Å². The van der Waals surface area contributed by atoms with E-state index in [1.54, 1.807) is 0 Å². The number of halogens is 4. The van der Waals surface area contributed by atoms with Gasteiger partial charge in [-0.05, 0) is 18.8 Å². The van der Waals surface area contributed by atoms with Crippen molar-refractivity contribution in [1.29, 1.82) is 0 Å². The van der Waals surface area contributed by atoms with Gasteiger partial charge in [0, 0.05) is 17.9 Å². The number of rotatable bonds is 5. The Bertz CT molecular complexity index is 376. The highest BCUT2D eigenvalue weighted by Gasteiger charge is 2.39. The highest BCUT2D eigenvalue weighted by atomic mass is 35.5. The molecule has 0 aromatic rings. The lowest BCUT2D eigenvalue weighted by Crippen LogP contribution is -2.37. The quantitative estimate of drug-likeness (QED) is 0.318. The number of nitrogens with zero attached hydrogens (tertiary/aromatic N) is 1. The van der Waals surface area contributed by atoms with Crippen LogP contribution in [-0.2, 0) is 9.59 Å². The summed E-state index contributed by atoms with van der Waals surface area (Å²) in [4.78, 5) is 22.2. The number of carbonyl (C=O) groups is 2. The molecular weight excluding hydrogens is 352 g/mol. The zero-order chi connectivity index (χ0) is 14.6. The lowest BCUT2D eigenvalue weighted by atomic mass is 9.84. The van der Waals surface area contributed by atoms with E-state index in [9.17, 15) is 9.59 Å². The Balaban J connectivity index is 2.77. The van der Waals surface area contributed by atoms with E-state index in [4.69, 9.17) is 46.4 Å². The molecule has 0 bridgehead atoms. The first-order valence-corrected chi connectivity index (χ1v) is 7.98. The van der Waals surface area contributed by atoms with Gasteiger partial charge in [0.1, 0.15) is 0 Å². The van der Waals surface area contributed by atoms with E-state index in [1.807, 2.05) is 19.1 Å². The second kappa shape index (κ2) is 7.41. The summed E-state index contributed by atoms with van der Waals surface area (Å²) in [5.74, 6) is -0.448. The maximum Gasteiger partial charge on any atom is 0.242 e. The molecule has 0 fully saturated rings. The first-order valence-electron chi connectivity index (χ1n) is 5.58. The van der Waals surface area contributed by atoms with E-state index < -0.39 is 8.50 Å². The van der Waals surface area contributed by atoms with Crippen molar-refractivity contribution in [2.45, 2.75) is 28.3 Å². The predicted octanol–water partition coefficient (Wildman–Crippen LogP) is 4.16. The van der Waals surface area contributed by atoms with Crippen molar-refractivity contribution >= 4 is 70.7 Å². The van der Waals surface area contributed by atoms with Crippen molar-refractivity contribution in [1.82, 2.24) is 4.31 Å². The Morgan fingerprint density at radius 3 is 2.47 bits per heavy atom.